The highest BCUT2D eigenvalue weighted by Crippen LogP contribution is 2.28. The zero-order valence-electron chi connectivity index (χ0n) is 9.60. The van der Waals surface area contributed by atoms with Crippen LogP contribution in [0, 0.1) is 0 Å². The molecule has 0 spiro atoms. The van der Waals surface area contributed by atoms with Crippen LogP contribution in [0.4, 0.5) is 0 Å². The molecule has 0 bridgehead atoms. The van der Waals surface area contributed by atoms with E-state index in [1.807, 2.05) is 11.0 Å². The number of benzene rings is 1. The first kappa shape index (κ1) is 13.6. The lowest BCUT2D eigenvalue weighted by Gasteiger charge is -2.32. The highest BCUT2D eigenvalue weighted by atomic mass is 35.5. The fraction of sp³-hybridized carbons (Fsp3) is 0.417. The highest BCUT2D eigenvalue weighted by Gasteiger charge is 2.23. The fourth-order valence-electron chi connectivity index (χ4n) is 1.95. The van der Waals surface area contributed by atoms with E-state index >= 15 is 0 Å². The summed E-state index contributed by atoms with van der Waals surface area (Å²) in [6.07, 6.45) is -0.159. The minimum atomic E-state index is -0.829. The maximum atomic E-state index is 10.7. The summed E-state index contributed by atoms with van der Waals surface area (Å²) in [6, 6.07) is 5.33. The van der Waals surface area contributed by atoms with E-state index in [9.17, 15) is 4.79 Å². The Morgan fingerprint density at radius 1 is 1.44 bits per heavy atom. The second-order valence-electron chi connectivity index (χ2n) is 4.16. The topological polar surface area (TPSA) is 49.8 Å². The van der Waals surface area contributed by atoms with Gasteiger partial charge in [-0.05, 0) is 17.7 Å². The van der Waals surface area contributed by atoms with E-state index in [0.29, 0.717) is 29.7 Å². The van der Waals surface area contributed by atoms with Crippen LogP contribution >= 0.6 is 23.2 Å². The molecule has 6 heteroatoms. The lowest BCUT2D eigenvalue weighted by Crippen LogP contribution is -2.41. The molecule has 0 saturated carbocycles. The van der Waals surface area contributed by atoms with Crippen molar-refractivity contribution in [3.8, 4) is 0 Å². The number of carboxylic acid groups (broad SMARTS) is 1. The molecule has 1 aromatic carbocycles. The van der Waals surface area contributed by atoms with Crippen molar-refractivity contribution in [2.24, 2.45) is 0 Å². The Labute approximate surface area is 115 Å². The fourth-order valence-corrected chi connectivity index (χ4v) is 2.26. The average Bonchev–Trinajstić information content (AvgIpc) is 2.32. The van der Waals surface area contributed by atoms with Gasteiger partial charge in [0.05, 0.1) is 29.3 Å². The van der Waals surface area contributed by atoms with Gasteiger partial charge < -0.3 is 9.84 Å². The third-order valence-corrected chi connectivity index (χ3v) is 3.56. The van der Waals surface area contributed by atoms with Gasteiger partial charge in [0.15, 0.2) is 0 Å². The molecule has 18 heavy (non-hydrogen) atoms. The molecule has 0 radical (unpaired) electrons. The third-order valence-electron chi connectivity index (χ3n) is 2.82. The van der Waals surface area contributed by atoms with Gasteiger partial charge in [-0.2, -0.15) is 0 Å². The zero-order valence-corrected chi connectivity index (χ0v) is 11.1. The molecule has 1 heterocycles. The van der Waals surface area contributed by atoms with Crippen LogP contribution in [0.25, 0.3) is 0 Å². The summed E-state index contributed by atoms with van der Waals surface area (Å²) in [5.74, 6) is -0.829. The van der Waals surface area contributed by atoms with Gasteiger partial charge in [0, 0.05) is 13.1 Å². The van der Waals surface area contributed by atoms with Crippen molar-refractivity contribution in [1.29, 1.82) is 0 Å². The molecule has 2 rings (SSSR count). The van der Waals surface area contributed by atoms with Crippen LogP contribution in [0.1, 0.15) is 11.7 Å². The molecular formula is C12H13Cl2NO3. The van der Waals surface area contributed by atoms with Gasteiger partial charge in [-0.15, -0.1) is 0 Å². The van der Waals surface area contributed by atoms with Gasteiger partial charge in [-0.25, -0.2) is 0 Å². The standard InChI is InChI=1S/C12H13Cl2NO3/c13-9-2-1-8(5-10(9)14)11-6-15(3-4-18-11)7-12(16)17/h1-2,5,11H,3-4,6-7H2,(H,16,17)/t11-/m0/s1. The van der Waals surface area contributed by atoms with Gasteiger partial charge in [-0.1, -0.05) is 29.3 Å². The largest absolute Gasteiger partial charge is 0.480 e. The zero-order chi connectivity index (χ0) is 13.1. The van der Waals surface area contributed by atoms with E-state index in [2.05, 4.69) is 0 Å². The molecule has 98 valence electrons. The van der Waals surface area contributed by atoms with Crippen molar-refractivity contribution in [2.75, 3.05) is 26.2 Å². The number of morpholine rings is 1. The molecular weight excluding hydrogens is 277 g/mol. The van der Waals surface area contributed by atoms with Gasteiger partial charge in [-0.3, -0.25) is 9.69 Å². The van der Waals surface area contributed by atoms with Gasteiger partial charge in [0.2, 0.25) is 0 Å². The number of carboxylic acids is 1. The first-order chi connectivity index (χ1) is 8.56. The van der Waals surface area contributed by atoms with Gasteiger partial charge in [0.1, 0.15) is 0 Å². The molecule has 1 aromatic rings. The van der Waals surface area contributed by atoms with Crippen LogP contribution in [0.5, 0.6) is 0 Å². The summed E-state index contributed by atoms with van der Waals surface area (Å²) in [5, 5.41) is 9.76. The Bertz CT molecular complexity index is 453. The second kappa shape index (κ2) is 5.89. The third kappa shape index (κ3) is 3.36. The van der Waals surface area contributed by atoms with Gasteiger partial charge >= 0.3 is 5.97 Å². The molecule has 0 unspecified atom stereocenters. The molecule has 4 nitrogen and oxygen atoms in total. The quantitative estimate of drug-likeness (QED) is 0.929. The first-order valence-corrected chi connectivity index (χ1v) is 6.32. The molecule has 0 aliphatic carbocycles. The van der Waals surface area contributed by atoms with Crippen molar-refractivity contribution in [1.82, 2.24) is 4.90 Å². The molecule has 1 atom stereocenters. The second-order valence-corrected chi connectivity index (χ2v) is 4.98. The molecule has 1 aliphatic heterocycles. The highest BCUT2D eigenvalue weighted by molar-refractivity contribution is 6.42. The lowest BCUT2D eigenvalue weighted by atomic mass is 10.1. The maximum absolute atomic E-state index is 10.7. The van der Waals surface area contributed by atoms with Crippen LogP contribution in [-0.2, 0) is 9.53 Å². The molecule has 1 N–H and O–H groups in total. The monoisotopic (exact) mass is 289 g/mol. The van der Waals surface area contributed by atoms with E-state index < -0.39 is 5.97 Å². The minimum absolute atomic E-state index is 0.0290. The van der Waals surface area contributed by atoms with Crippen molar-refractivity contribution >= 4 is 29.2 Å². The molecule has 0 aromatic heterocycles. The van der Waals surface area contributed by atoms with E-state index in [1.54, 1.807) is 12.1 Å². The van der Waals surface area contributed by atoms with Crippen molar-refractivity contribution < 1.29 is 14.6 Å². The minimum Gasteiger partial charge on any atom is -0.480 e. The number of hydrogen-bond acceptors (Lipinski definition) is 3. The average molecular weight is 290 g/mol. The molecule has 1 aliphatic rings. The predicted octanol–water partition coefficient (Wildman–Crippen LogP) is 2.45. The number of ether oxygens (including phenoxy) is 1. The Morgan fingerprint density at radius 2 is 2.22 bits per heavy atom. The summed E-state index contributed by atoms with van der Waals surface area (Å²) >= 11 is 11.8. The normalized spacial score (nSPS) is 20.9. The summed E-state index contributed by atoms with van der Waals surface area (Å²) in [4.78, 5) is 12.5. The molecule has 1 fully saturated rings. The van der Waals surface area contributed by atoms with Crippen molar-refractivity contribution in [3.63, 3.8) is 0 Å². The summed E-state index contributed by atoms with van der Waals surface area (Å²) in [5.41, 5.74) is 0.916. The Hall–Kier alpha value is -0.810. The lowest BCUT2D eigenvalue weighted by molar-refractivity contribution is -0.140. The Morgan fingerprint density at radius 3 is 2.89 bits per heavy atom. The maximum Gasteiger partial charge on any atom is 0.317 e. The number of halogens is 2. The number of aliphatic carboxylic acids is 1. The first-order valence-electron chi connectivity index (χ1n) is 5.57. The smallest absolute Gasteiger partial charge is 0.317 e. The van der Waals surface area contributed by atoms with Crippen molar-refractivity contribution in [2.45, 2.75) is 6.10 Å². The molecule has 0 amide bonds. The number of rotatable bonds is 3. The number of nitrogens with zero attached hydrogens (tertiary/aromatic N) is 1. The van der Waals surface area contributed by atoms with Crippen LogP contribution in [0.2, 0.25) is 10.0 Å². The Balaban J connectivity index is 2.08. The van der Waals surface area contributed by atoms with Crippen LogP contribution in [0.3, 0.4) is 0 Å². The van der Waals surface area contributed by atoms with Gasteiger partial charge in [0.25, 0.3) is 0 Å². The summed E-state index contributed by atoms with van der Waals surface area (Å²) < 4.78 is 5.63. The van der Waals surface area contributed by atoms with E-state index in [4.69, 9.17) is 33.0 Å². The van der Waals surface area contributed by atoms with Crippen LogP contribution in [-0.4, -0.2) is 42.2 Å². The van der Waals surface area contributed by atoms with Crippen molar-refractivity contribution in [3.05, 3.63) is 33.8 Å². The Kier molecular flexibility index (Phi) is 4.45. The van der Waals surface area contributed by atoms with E-state index in [0.717, 1.165) is 5.56 Å². The van der Waals surface area contributed by atoms with E-state index in [1.165, 1.54) is 0 Å². The molecule has 1 saturated heterocycles. The summed E-state index contributed by atoms with van der Waals surface area (Å²) in [7, 11) is 0. The van der Waals surface area contributed by atoms with E-state index in [-0.39, 0.29) is 12.6 Å². The SMILES string of the molecule is O=C(O)CN1CCO[C@H](c2ccc(Cl)c(Cl)c2)C1. The number of hydrogen-bond donors (Lipinski definition) is 1. The summed E-state index contributed by atoms with van der Waals surface area (Å²) in [6.45, 7) is 1.72. The number of carbonyl (C=O) groups is 1. The predicted molar refractivity (Wildman–Crippen MR) is 69.2 cm³/mol. The van der Waals surface area contributed by atoms with Crippen LogP contribution < -0.4 is 0 Å². The van der Waals surface area contributed by atoms with Crippen LogP contribution in [0.15, 0.2) is 18.2 Å².